The van der Waals surface area contributed by atoms with Crippen molar-refractivity contribution in [2.24, 2.45) is 0 Å². The van der Waals surface area contributed by atoms with E-state index in [0.29, 0.717) is 13.0 Å². The van der Waals surface area contributed by atoms with Gasteiger partial charge < -0.3 is 19.3 Å². The molecule has 1 spiro atoms. The van der Waals surface area contributed by atoms with Gasteiger partial charge in [0.2, 0.25) is 0 Å². The molecule has 3 atom stereocenters. The molecule has 1 aromatic carbocycles. The number of hydrogen-bond acceptors (Lipinski definition) is 4. The molecule has 2 heterocycles. The Morgan fingerprint density at radius 2 is 2.24 bits per heavy atom. The first kappa shape index (κ1) is 14.7. The molecule has 3 rings (SSSR count). The lowest BCUT2D eigenvalue weighted by atomic mass is 9.76. The van der Waals surface area contributed by atoms with Crippen LogP contribution < -0.4 is 9.47 Å². The standard InChI is InChI=1S/C17H24O4/c1-4-16(2)11-17(7-8-20-16)10-14(18)13-9-12(19-3)5-6-15(13)21-17/h5-6,9,14,18H,4,7-8,10-11H2,1-3H3/t14-,16?,17?/m0/s1. The highest BCUT2D eigenvalue weighted by atomic mass is 16.5. The molecule has 1 fully saturated rings. The number of fused-ring (bicyclic) bond motifs is 1. The highest BCUT2D eigenvalue weighted by Gasteiger charge is 2.48. The Balaban J connectivity index is 1.91. The van der Waals surface area contributed by atoms with Crippen LogP contribution in [-0.2, 0) is 4.74 Å². The molecule has 4 heteroatoms. The molecule has 1 aromatic rings. The first-order valence-corrected chi connectivity index (χ1v) is 7.68. The molecule has 2 aliphatic rings. The van der Waals surface area contributed by atoms with Crippen molar-refractivity contribution in [1.82, 2.24) is 0 Å². The maximum atomic E-state index is 10.6. The van der Waals surface area contributed by atoms with Crippen molar-refractivity contribution >= 4 is 0 Å². The molecular formula is C17H24O4. The zero-order chi connectivity index (χ0) is 15.1. The predicted molar refractivity (Wildman–Crippen MR) is 79.8 cm³/mol. The first-order valence-electron chi connectivity index (χ1n) is 7.68. The Morgan fingerprint density at radius 3 is 2.95 bits per heavy atom. The summed E-state index contributed by atoms with van der Waals surface area (Å²) < 4.78 is 17.5. The van der Waals surface area contributed by atoms with Crippen molar-refractivity contribution in [3.8, 4) is 11.5 Å². The number of rotatable bonds is 2. The van der Waals surface area contributed by atoms with Crippen LogP contribution in [-0.4, -0.2) is 30.0 Å². The van der Waals surface area contributed by atoms with Crippen LogP contribution in [0.2, 0.25) is 0 Å². The summed E-state index contributed by atoms with van der Waals surface area (Å²) in [6, 6.07) is 5.64. The van der Waals surface area contributed by atoms with E-state index in [-0.39, 0.29) is 11.2 Å². The van der Waals surface area contributed by atoms with Gasteiger partial charge in [0.1, 0.15) is 17.1 Å². The van der Waals surface area contributed by atoms with E-state index in [0.717, 1.165) is 36.3 Å². The molecule has 2 unspecified atom stereocenters. The number of benzene rings is 1. The van der Waals surface area contributed by atoms with Crippen LogP contribution in [0.1, 0.15) is 51.2 Å². The molecule has 0 saturated carbocycles. The third kappa shape index (κ3) is 2.62. The Labute approximate surface area is 126 Å². The van der Waals surface area contributed by atoms with Gasteiger partial charge in [-0.15, -0.1) is 0 Å². The van der Waals surface area contributed by atoms with Gasteiger partial charge in [0.05, 0.1) is 25.4 Å². The second-order valence-corrected chi connectivity index (χ2v) is 6.49. The maximum Gasteiger partial charge on any atom is 0.126 e. The summed E-state index contributed by atoms with van der Waals surface area (Å²) in [6.45, 7) is 4.95. The Morgan fingerprint density at radius 1 is 1.43 bits per heavy atom. The predicted octanol–water partition coefficient (Wildman–Crippen LogP) is 3.23. The summed E-state index contributed by atoms with van der Waals surface area (Å²) >= 11 is 0. The lowest BCUT2D eigenvalue weighted by Crippen LogP contribution is -2.52. The fourth-order valence-electron chi connectivity index (χ4n) is 3.54. The molecular weight excluding hydrogens is 268 g/mol. The third-order valence-corrected chi connectivity index (χ3v) is 4.92. The van der Waals surface area contributed by atoms with Crippen molar-refractivity contribution in [2.45, 2.75) is 56.8 Å². The molecule has 116 valence electrons. The number of aliphatic hydroxyl groups excluding tert-OH is 1. The van der Waals surface area contributed by atoms with Crippen LogP contribution in [0, 0.1) is 0 Å². The van der Waals surface area contributed by atoms with Gasteiger partial charge in [0, 0.05) is 24.8 Å². The van der Waals surface area contributed by atoms with Crippen molar-refractivity contribution in [3.05, 3.63) is 23.8 Å². The summed E-state index contributed by atoms with van der Waals surface area (Å²) in [6.07, 6.45) is 2.70. The van der Waals surface area contributed by atoms with Crippen LogP contribution in [0.5, 0.6) is 11.5 Å². The zero-order valence-electron chi connectivity index (χ0n) is 13.0. The quantitative estimate of drug-likeness (QED) is 0.909. The first-order chi connectivity index (χ1) is 9.99. The summed E-state index contributed by atoms with van der Waals surface area (Å²) in [5.74, 6) is 1.52. The van der Waals surface area contributed by atoms with Gasteiger partial charge in [-0.05, 0) is 31.5 Å². The highest BCUT2D eigenvalue weighted by Crippen LogP contribution is 2.48. The average molecular weight is 292 g/mol. The molecule has 1 N–H and O–H groups in total. The summed E-state index contributed by atoms with van der Waals surface area (Å²) in [7, 11) is 1.63. The number of hydrogen-bond donors (Lipinski definition) is 1. The van der Waals surface area contributed by atoms with E-state index in [1.807, 2.05) is 18.2 Å². The minimum absolute atomic E-state index is 0.165. The average Bonchev–Trinajstić information content (AvgIpc) is 2.47. The SMILES string of the molecule is CCC1(C)CC2(CCO1)C[C@H](O)c1cc(OC)ccc1O2. The van der Waals surface area contributed by atoms with Crippen molar-refractivity contribution in [2.75, 3.05) is 13.7 Å². The van der Waals surface area contributed by atoms with Crippen LogP contribution in [0.4, 0.5) is 0 Å². The van der Waals surface area contributed by atoms with E-state index >= 15 is 0 Å². The Kier molecular flexibility index (Phi) is 3.62. The Hall–Kier alpha value is -1.26. The van der Waals surface area contributed by atoms with Crippen LogP contribution in [0.15, 0.2) is 18.2 Å². The lowest BCUT2D eigenvalue weighted by Gasteiger charge is -2.49. The summed E-state index contributed by atoms with van der Waals surface area (Å²) in [5.41, 5.74) is 0.344. The lowest BCUT2D eigenvalue weighted by molar-refractivity contribution is -0.160. The third-order valence-electron chi connectivity index (χ3n) is 4.92. The number of aliphatic hydroxyl groups is 1. The number of methoxy groups -OCH3 is 1. The van der Waals surface area contributed by atoms with Crippen molar-refractivity contribution < 1.29 is 19.3 Å². The van der Waals surface area contributed by atoms with E-state index in [1.54, 1.807) is 7.11 Å². The van der Waals surface area contributed by atoms with Crippen LogP contribution in [0.25, 0.3) is 0 Å². The van der Waals surface area contributed by atoms with E-state index in [1.165, 1.54) is 0 Å². The van der Waals surface area contributed by atoms with Crippen LogP contribution in [0.3, 0.4) is 0 Å². The van der Waals surface area contributed by atoms with E-state index in [9.17, 15) is 5.11 Å². The maximum absolute atomic E-state index is 10.6. The van der Waals surface area contributed by atoms with Crippen molar-refractivity contribution in [3.63, 3.8) is 0 Å². The van der Waals surface area contributed by atoms with E-state index in [2.05, 4.69) is 13.8 Å². The van der Waals surface area contributed by atoms with Gasteiger partial charge in [-0.25, -0.2) is 0 Å². The van der Waals surface area contributed by atoms with Crippen molar-refractivity contribution in [1.29, 1.82) is 0 Å². The second kappa shape index (κ2) is 5.18. The van der Waals surface area contributed by atoms with E-state index < -0.39 is 6.10 Å². The molecule has 4 nitrogen and oxygen atoms in total. The largest absolute Gasteiger partial charge is 0.497 e. The normalized spacial score (nSPS) is 35.1. The fourth-order valence-corrected chi connectivity index (χ4v) is 3.54. The fraction of sp³-hybridized carbons (Fsp3) is 0.647. The molecule has 1 saturated heterocycles. The molecule has 2 aliphatic heterocycles. The smallest absolute Gasteiger partial charge is 0.126 e. The minimum atomic E-state index is -0.511. The molecule has 0 bridgehead atoms. The highest BCUT2D eigenvalue weighted by molar-refractivity contribution is 5.43. The Bertz CT molecular complexity index is 530. The molecule has 0 aromatic heterocycles. The van der Waals surface area contributed by atoms with Gasteiger partial charge >= 0.3 is 0 Å². The van der Waals surface area contributed by atoms with Gasteiger partial charge in [-0.1, -0.05) is 6.92 Å². The summed E-state index contributed by atoms with van der Waals surface area (Å²) in [4.78, 5) is 0. The minimum Gasteiger partial charge on any atom is -0.497 e. The van der Waals surface area contributed by atoms with Gasteiger partial charge in [0.15, 0.2) is 0 Å². The van der Waals surface area contributed by atoms with Gasteiger partial charge in [-0.3, -0.25) is 0 Å². The zero-order valence-corrected chi connectivity index (χ0v) is 13.0. The van der Waals surface area contributed by atoms with Gasteiger partial charge in [-0.2, -0.15) is 0 Å². The topological polar surface area (TPSA) is 47.9 Å². The summed E-state index contributed by atoms with van der Waals surface area (Å²) in [5, 5.41) is 10.6. The van der Waals surface area contributed by atoms with Gasteiger partial charge in [0.25, 0.3) is 0 Å². The monoisotopic (exact) mass is 292 g/mol. The molecule has 0 amide bonds. The molecule has 0 radical (unpaired) electrons. The second-order valence-electron chi connectivity index (χ2n) is 6.49. The van der Waals surface area contributed by atoms with E-state index in [4.69, 9.17) is 14.2 Å². The molecule has 0 aliphatic carbocycles. The molecule has 21 heavy (non-hydrogen) atoms. The number of ether oxygens (including phenoxy) is 3. The van der Waals surface area contributed by atoms with Crippen LogP contribution >= 0.6 is 0 Å².